The van der Waals surface area contributed by atoms with Gasteiger partial charge >= 0.3 is 0 Å². The second kappa shape index (κ2) is 2.33. The van der Waals surface area contributed by atoms with E-state index >= 15 is 0 Å². The number of rotatable bonds is 0. The van der Waals surface area contributed by atoms with Gasteiger partial charge in [0.2, 0.25) is 0 Å². The lowest BCUT2D eigenvalue weighted by atomic mass is 10.1. The molecule has 1 fully saturated rings. The number of hydrogen-bond acceptors (Lipinski definition) is 1. The van der Waals surface area contributed by atoms with Gasteiger partial charge in [-0.15, -0.1) is 23.2 Å². The number of halogens is 4. The topological polar surface area (TPSA) is 17.1 Å². The highest BCUT2D eigenvalue weighted by Crippen LogP contribution is 2.60. The highest BCUT2D eigenvalue weighted by Gasteiger charge is 2.63. The van der Waals surface area contributed by atoms with E-state index in [-0.39, 0.29) is 17.2 Å². The fourth-order valence-corrected chi connectivity index (χ4v) is 3.29. The molecule has 5 heteroatoms. The Kier molecular flexibility index (Phi) is 1.77. The van der Waals surface area contributed by atoms with Crippen molar-refractivity contribution in [2.75, 3.05) is 0 Å². The molecule has 0 amide bonds. The van der Waals surface area contributed by atoms with Crippen LogP contribution in [0.15, 0.2) is 10.1 Å². The molecule has 0 aliphatic heterocycles. The Hall–Kier alpha value is 0.570. The minimum Gasteiger partial charge on any atom is -0.297 e. The van der Waals surface area contributed by atoms with Crippen LogP contribution in [-0.4, -0.2) is 15.5 Å². The Morgan fingerprint density at radius 2 is 1.75 bits per heavy atom. The van der Waals surface area contributed by atoms with Crippen LogP contribution in [0.25, 0.3) is 0 Å². The SMILES string of the molecule is O=C1CC2(Cl)CC1(Cl)C(Cl)=C2Cl. The summed E-state index contributed by atoms with van der Waals surface area (Å²) in [7, 11) is 0. The van der Waals surface area contributed by atoms with Crippen molar-refractivity contribution in [3.8, 4) is 0 Å². The summed E-state index contributed by atoms with van der Waals surface area (Å²) in [5.41, 5.74) is 0. The van der Waals surface area contributed by atoms with Crippen LogP contribution in [0, 0.1) is 0 Å². The number of carbonyl (C=O) groups excluding carboxylic acids is 1. The second-order valence-corrected chi connectivity index (χ2v) is 5.30. The van der Waals surface area contributed by atoms with Crippen molar-refractivity contribution in [3.05, 3.63) is 10.1 Å². The van der Waals surface area contributed by atoms with E-state index in [4.69, 9.17) is 46.4 Å². The molecule has 0 heterocycles. The van der Waals surface area contributed by atoms with E-state index in [1.54, 1.807) is 0 Å². The minimum atomic E-state index is -1.12. The third-order valence-electron chi connectivity index (χ3n) is 2.34. The Balaban J connectivity index is 2.61. The van der Waals surface area contributed by atoms with Crippen molar-refractivity contribution in [2.45, 2.75) is 22.6 Å². The Bertz CT molecular complexity index is 311. The second-order valence-electron chi connectivity index (χ2n) is 3.17. The largest absolute Gasteiger partial charge is 0.297 e. The molecule has 0 aromatic carbocycles. The Morgan fingerprint density at radius 3 is 2.08 bits per heavy atom. The summed E-state index contributed by atoms with van der Waals surface area (Å²) in [4.78, 5) is 9.38. The van der Waals surface area contributed by atoms with E-state index in [1.165, 1.54) is 0 Å². The van der Waals surface area contributed by atoms with Crippen molar-refractivity contribution in [1.29, 1.82) is 0 Å². The molecule has 2 atom stereocenters. The van der Waals surface area contributed by atoms with Gasteiger partial charge in [-0.05, 0) is 0 Å². The summed E-state index contributed by atoms with van der Waals surface area (Å²) in [5.74, 6) is -0.131. The van der Waals surface area contributed by atoms with Gasteiger partial charge in [0.1, 0.15) is 4.87 Å². The average Bonchev–Trinajstić information content (AvgIpc) is 2.29. The monoisotopic (exact) mass is 244 g/mol. The number of carbonyl (C=O) groups is 1. The number of hydrogen-bond donors (Lipinski definition) is 0. The molecule has 0 saturated heterocycles. The van der Waals surface area contributed by atoms with E-state index in [1.807, 2.05) is 0 Å². The number of Topliss-reactive ketones (excluding diaryl/α,β-unsaturated/α-hetero) is 1. The molecule has 0 radical (unpaired) electrons. The molecule has 0 aromatic heterocycles. The third kappa shape index (κ3) is 0.859. The van der Waals surface area contributed by atoms with Crippen molar-refractivity contribution < 1.29 is 4.79 Å². The van der Waals surface area contributed by atoms with Gasteiger partial charge in [-0.2, -0.15) is 0 Å². The molecule has 0 aromatic rings. The standard InChI is InChI=1S/C7H4Cl4O/c8-4-5(9)7(11)2-6(4,10)1-3(7)12/h1-2H2. The lowest BCUT2D eigenvalue weighted by Gasteiger charge is -2.18. The molecule has 2 aliphatic rings. The van der Waals surface area contributed by atoms with Gasteiger partial charge in [0, 0.05) is 12.8 Å². The number of fused-ring (bicyclic) bond motifs is 2. The first-order chi connectivity index (χ1) is 5.40. The first-order valence-corrected chi connectivity index (χ1v) is 4.89. The summed E-state index contributed by atoms with van der Waals surface area (Å²) in [6.07, 6.45) is 0.507. The Morgan fingerprint density at radius 1 is 1.17 bits per heavy atom. The maximum atomic E-state index is 11.3. The number of alkyl halides is 2. The molecule has 66 valence electrons. The zero-order valence-electron chi connectivity index (χ0n) is 5.83. The minimum absolute atomic E-state index is 0.131. The predicted octanol–water partition coefficient (Wildman–Crippen LogP) is 3.01. The molecule has 1 saturated carbocycles. The number of allylic oxidation sites excluding steroid dienone is 2. The summed E-state index contributed by atoms with van der Waals surface area (Å²) >= 11 is 23.7. The predicted molar refractivity (Wildman–Crippen MR) is 50.1 cm³/mol. The van der Waals surface area contributed by atoms with Crippen LogP contribution in [0.2, 0.25) is 0 Å². The maximum Gasteiger partial charge on any atom is 0.161 e. The quantitative estimate of drug-likeness (QED) is 0.600. The van der Waals surface area contributed by atoms with Crippen LogP contribution >= 0.6 is 46.4 Å². The van der Waals surface area contributed by atoms with Gasteiger partial charge in [0.25, 0.3) is 0 Å². The molecule has 2 aliphatic carbocycles. The maximum absolute atomic E-state index is 11.3. The summed E-state index contributed by atoms with van der Waals surface area (Å²) in [6.45, 7) is 0. The summed E-state index contributed by atoms with van der Waals surface area (Å²) < 4.78 is 0. The zero-order chi connectivity index (χ0) is 9.15. The molecule has 1 nitrogen and oxygen atoms in total. The van der Waals surface area contributed by atoms with Crippen LogP contribution in [-0.2, 0) is 4.79 Å². The van der Waals surface area contributed by atoms with Gasteiger partial charge < -0.3 is 0 Å². The fourth-order valence-electron chi connectivity index (χ4n) is 1.67. The summed E-state index contributed by atoms with van der Waals surface area (Å²) in [6, 6.07) is 0. The van der Waals surface area contributed by atoms with Crippen molar-refractivity contribution in [1.82, 2.24) is 0 Å². The van der Waals surface area contributed by atoms with Gasteiger partial charge in [-0.25, -0.2) is 0 Å². The fraction of sp³-hybridized carbons (Fsp3) is 0.571. The Labute approximate surface area is 89.6 Å². The zero-order valence-corrected chi connectivity index (χ0v) is 8.86. The lowest BCUT2D eigenvalue weighted by molar-refractivity contribution is -0.118. The van der Waals surface area contributed by atoms with Crippen molar-refractivity contribution >= 4 is 52.2 Å². The highest BCUT2D eigenvalue weighted by molar-refractivity contribution is 6.56. The van der Waals surface area contributed by atoms with Crippen LogP contribution < -0.4 is 0 Å². The molecule has 2 rings (SSSR count). The lowest BCUT2D eigenvalue weighted by Crippen LogP contribution is -2.27. The van der Waals surface area contributed by atoms with Gasteiger partial charge in [-0.1, -0.05) is 23.2 Å². The van der Waals surface area contributed by atoms with Gasteiger partial charge in [-0.3, -0.25) is 4.79 Å². The molecule has 0 N–H and O–H groups in total. The van der Waals surface area contributed by atoms with Crippen LogP contribution in [0.3, 0.4) is 0 Å². The molecule has 2 bridgehead atoms. The molecule has 12 heavy (non-hydrogen) atoms. The third-order valence-corrected chi connectivity index (χ3v) is 4.68. The molecular weight excluding hydrogens is 242 g/mol. The van der Waals surface area contributed by atoms with Crippen molar-refractivity contribution in [2.24, 2.45) is 0 Å². The summed E-state index contributed by atoms with van der Waals surface area (Å²) in [5, 5.41) is 0.539. The van der Waals surface area contributed by atoms with Gasteiger partial charge in [0.05, 0.1) is 14.9 Å². The first-order valence-electron chi connectivity index (χ1n) is 3.37. The first kappa shape index (κ1) is 9.14. The normalized spacial score (nSPS) is 46.2. The molecular formula is C7H4Cl4O. The smallest absolute Gasteiger partial charge is 0.161 e. The molecule has 0 spiro atoms. The highest BCUT2D eigenvalue weighted by atomic mass is 35.5. The van der Waals surface area contributed by atoms with Crippen molar-refractivity contribution in [3.63, 3.8) is 0 Å². The van der Waals surface area contributed by atoms with E-state index in [0.29, 0.717) is 11.5 Å². The average molecular weight is 246 g/mol. The van der Waals surface area contributed by atoms with Gasteiger partial charge in [0.15, 0.2) is 5.78 Å². The van der Waals surface area contributed by atoms with Crippen LogP contribution in [0.5, 0.6) is 0 Å². The molecule has 2 unspecified atom stereocenters. The van der Waals surface area contributed by atoms with E-state index in [2.05, 4.69) is 0 Å². The van der Waals surface area contributed by atoms with Crippen LogP contribution in [0.4, 0.5) is 0 Å². The van der Waals surface area contributed by atoms with E-state index < -0.39 is 9.75 Å². The van der Waals surface area contributed by atoms with Crippen LogP contribution in [0.1, 0.15) is 12.8 Å². The van der Waals surface area contributed by atoms with E-state index in [9.17, 15) is 4.79 Å². The van der Waals surface area contributed by atoms with E-state index in [0.717, 1.165) is 0 Å². The number of ketones is 1.